The fourth-order valence-electron chi connectivity index (χ4n) is 5.40. The van der Waals surface area contributed by atoms with Crippen LogP contribution in [0, 0.1) is 5.92 Å². The van der Waals surface area contributed by atoms with Gasteiger partial charge in [0.25, 0.3) is 0 Å². The Morgan fingerprint density at radius 1 is 1.03 bits per heavy atom. The van der Waals surface area contributed by atoms with E-state index < -0.39 is 11.4 Å². The molecule has 0 bridgehead atoms. The van der Waals surface area contributed by atoms with Crippen molar-refractivity contribution in [3.63, 3.8) is 0 Å². The molecule has 0 aliphatic carbocycles. The Morgan fingerprint density at radius 3 is 2.51 bits per heavy atom. The molecule has 1 fully saturated rings. The largest absolute Gasteiger partial charge is 0.508 e. The zero-order valence-electron chi connectivity index (χ0n) is 19.9. The van der Waals surface area contributed by atoms with Crippen LogP contribution in [-0.4, -0.2) is 29.8 Å². The molecule has 3 aromatic carbocycles. The number of hydrazine groups is 1. The van der Waals surface area contributed by atoms with Gasteiger partial charge in [0.05, 0.1) is 25.1 Å². The van der Waals surface area contributed by atoms with E-state index in [4.69, 9.17) is 13.9 Å². The van der Waals surface area contributed by atoms with Gasteiger partial charge in [-0.15, -0.1) is 0 Å². The zero-order valence-corrected chi connectivity index (χ0v) is 19.9. The number of hydrogen-bond acceptors (Lipinski definition) is 9. The number of aromatic hydroxyl groups is 2. The highest BCUT2D eigenvalue weighted by atomic mass is 16.5. The standard InChI is InChI=1S/C28H24N2O7/c1-35-17-8-4-15(5-9-17)26-19(12-29-30-26)18-10-23(33)37-22-11-21(32)25-27(34)20(13-36-28(25)24(18)22)14-2-6-16(31)7-3-14/h2-9,11,13,18-19,26,29-32H,10,12H2,1H3. The third-order valence-electron chi connectivity index (χ3n) is 7.20. The minimum absolute atomic E-state index is 0.0205. The Morgan fingerprint density at radius 2 is 1.78 bits per heavy atom. The predicted octanol–water partition coefficient (Wildman–Crippen LogP) is 3.74. The second-order valence-corrected chi connectivity index (χ2v) is 9.26. The van der Waals surface area contributed by atoms with Crippen LogP contribution in [0.5, 0.6) is 23.0 Å². The normalized spacial score (nSPS) is 21.0. The predicted molar refractivity (Wildman–Crippen MR) is 135 cm³/mol. The van der Waals surface area contributed by atoms with Crippen molar-refractivity contribution in [2.24, 2.45) is 5.92 Å². The van der Waals surface area contributed by atoms with Gasteiger partial charge in [-0.3, -0.25) is 15.0 Å². The maximum Gasteiger partial charge on any atom is 0.311 e. The number of methoxy groups -OCH3 is 1. The first-order valence-electron chi connectivity index (χ1n) is 11.9. The van der Waals surface area contributed by atoms with Gasteiger partial charge in [-0.25, -0.2) is 5.43 Å². The highest BCUT2D eigenvalue weighted by Gasteiger charge is 2.42. The van der Waals surface area contributed by atoms with E-state index in [0.717, 1.165) is 11.3 Å². The quantitative estimate of drug-likeness (QED) is 0.245. The van der Waals surface area contributed by atoms with Gasteiger partial charge in [0.2, 0.25) is 5.43 Å². The number of nitrogens with one attached hydrogen (secondary N) is 2. The Kier molecular flexibility index (Phi) is 5.58. The number of fused-ring (bicyclic) bond motifs is 3. The number of hydrogen-bond donors (Lipinski definition) is 4. The van der Waals surface area contributed by atoms with E-state index in [-0.39, 0.29) is 58.1 Å². The number of benzene rings is 3. The number of carbonyl (C=O) groups excluding carboxylic acids is 1. The lowest BCUT2D eigenvalue weighted by Crippen LogP contribution is -2.30. The molecule has 37 heavy (non-hydrogen) atoms. The van der Waals surface area contributed by atoms with Gasteiger partial charge in [-0.1, -0.05) is 24.3 Å². The van der Waals surface area contributed by atoms with Crippen LogP contribution in [-0.2, 0) is 4.79 Å². The first-order valence-corrected chi connectivity index (χ1v) is 11.9. The smallest absolute Gasteiger partial charge is 0.311 e. The van der Waals surface area contributed by atoms with E-state index in [1.807, 2.05) is 24.3 Å². The molecule has 3 heterocycles. The second-order valence-electron chi connectivity index (χ2n) is 9.26. The summed E-state index contributed by atoms with van der Waals surface area (Å²) in [6.07, 6.45) is 1.44. The van der Waals surface area contributed by atoms with Crippen LogP contribution in [0.2, 0.25) is 0 Å². The summed E-state index contributed by atoms with van der Waals surface area (Å²) in [5, 5.41) is 20.4. The Labute approximate surface area is 211 Å². The van der Waals surface area contributed by atoms with Crippen molar-refractivity contribution in [1.82, 2.24) is 10.9 Å². The molecule has 0 saturated carbocycles. The summed E-state index contributed by atoms with van der Waals surface area (Å²) in [5.74, 6) is -0.185. The Hall–Kier alpha value is -4.34. The molecular weight excluding hydrogens is 476 g/mol. The summed E-state index contributed by atoms with van der Waals surface area (Å²) in [7, 11) is 1.61. The van der Waals surface area contributed by atoms with Crippen LogP contribution in [0.4, 0.5) is 0 Å². The lowest BCUT2D eigenvalue weighted by Gasteiger charge is -2.32. The minimum atomic E-state index is -0.419. The topological polar surface area (TPSA) is 130 Å². The lowest BCUT2D eigenvalue weighted by atomic mass is 9.76. The molecule has 0 amide bonds. The van der Waals surface area contributed by atoms with Gasteiger partial charge >= 0.3 is 5.97 Å². The summed E-state index contributed by atoms with van der Waals surface area (Å²) in [6, 6.07) is 15.0. The molecular formula is C28H24N2O7. The maximum atomic E-state index is 13.5. The van der Waals surface area contributed by atoms with Gasteiger partial charge in [0, 0.05) is 30.0 Å². The summed E-state index contributed by atoms with van der Waals surface area (Å²) in [5.41, 5.74) is 8.65. The molecule has 1 saturated heterocycles. The molecule has 2 aliphatic heterocycles. The van der Waals surface area contributed by atoms with Crippen LogP contribution < -0.4 is 25.8 Å². The van der Waals surface area contributed by atoms with Crippen LogP contribution in [0.1, 0.15) is 29.5 Å². The van der Waals surface area contributed by atoms with Crippen molar-refractivity contribution < 1.29 is 28.9 Å². The SMILES string of the molecule is COc1ccc(C2NNCC2C2CC(=O)Oc3cc(O)c4c(=O)c(-c5ccc(O)cc5)coc4c32)cc1. The van der Waals surface area contributed by atoms with Crippen molar-refractivity contribution in [3.8, 4) is 34.1 Å². The van der Waals surface area contributed by atoms with E-state index in [1.54, 1.807) is 19.2 Å². The first-order chi connectivity index (χ1) is 17.9. The fourth-order valence-corrected chi connectivity index (χ4v) is 5.40. The molecule has 9 heteroatoms. The van der Waals surface area contributed by atoms with Gasteiger partial charge < -0.3 is 24.1 Å². The molecule has 188 valence electrons. The number of rotatable bonds is 4. The van der Waals surface area contributed by atoms with Crippen molar-refractivity contribution in [2.45, 2.75) is 18.4 Å². The third kappa shape index (κ3) is 3.89. The van der Waals surface area contributed by atoms with E-state index in [9.17, 15) is 19.8 Å². The van der Waals surface area contributed by atoms with E-state index in [0.29, 0.717) is 17.7 Å². The number of phenolic OH excluding ortho intramolecular Hbond substituents is 2. The highest BCUT2D eigenvalue weighted by Crippen LogP contribution is 2.49. The van der Waals surface area contributed by atoms with Crippen molar-refractivity contribution >= 4 is 16.9 Å². The van der Waals surface area contributed by atoms with Gasteiger partial charge in [-0.05, 0) is 35.4 Å². The third-order valence-corrected chi connectivity index (χ3v) is 7.20. The molecule has 0 radical (unpaired) electrons. The van der Waals surface area contributed by atoms with E-state index in [2.05, 4.69) is 10.9 Å². The summed E-state index contributed by atoms with van der Waals surface area (Å²) < 4.78 is 16.8. The molecule has 1 aromatic heterocycles. The average Bonchev–Trinajstić information content (AvgIpc) is 3.39. The number of esters is 1. The summed E-state index contributed by atoms with van der Waals surface area (Å²) in [6.45, 7) is 0.562. The lowest BCUT2D eigenvalue weighted by molar-refractivity contribution is -0.136. The summed E-state index contributed by atoms with van der Waals surface area (Å²) >= 11 is 0. The molecule has 3 atom stereocenters. The van der Waals surface area contributed by atoms with Gasteiger partial charge in [0.15, 0.2) is 0 Å². The highest BCUT2D eigenvalue weighted by molar-refractivity contribution is 5.93. The monoisotopic (exact) mass is 500 g/mol. The molecule has 6 rings (SSSR count). The van der Waals surface area contributed by atoms with Gasteiger partial charge in [-0.2, -0.15) is 0 Å². The molecule has 2 aliphatic rings. The fraction of sp³-hybridized carbons (Fsp3) is 0.214. The average molecular weight is 501 g/mol. The number of ether oxygens (including phenoxy) is 2. The van der Waals surface area contributed by atoms with Crippen LogP contribution in [0.25, 0.3) is 22.1 Å². The molecule has 9 nitrogen and oxygen atoms in total. The first kappa shape index (κ1) is 23.1. The van der Waals surface area contributed by atoms with E-state index >= 15 is 0 Å². The van der Waals surface area contributed by atoms with Gasteiger partial charge in [0.1, 0.15) is 40.2 Å². The second kappa shape index (κ2) is 8.95. The molecule has 4 N–H and O–H groups in total. The summed E-state index contributed by atoms with van der Waals surface area (Å²) in [4.78, 5) is 26.2. The zero-order chi connectivity index (χ0) is 25.7. The van der Waals surface area contributed by atoms with Crippen LogP contribution in [0.3, 0.4) is 0 Å². The van der Waals surface area contributed by atoms with Crippen LogP contribution in [0.15, 0.2) is 70.1 Å². The van der Waals surface area contributed by atoms with E-state index in [1.165, 1.54) is 24.5 Å². The Balaban J connectivity index is 1.49. The Bertz CT molecular complexity index is 1560. The van der Waals surface area contributed by atoms with Crippen LogP contribution >= 0.6 is 0 Å². The van der Waals surface area contributed by atoms with Crippen molar-refractivity contribution in [1.29, 1.82) is 0 Å². The van der Waals surface area contributed by atoms with Crippen molar-refractivity contribution in [2.75, 3.05) is 13.7 Å². The maximum absolute atomic E-state index is 13.5. The number of phenols is 2. The number of carbonyl (C=O) groups is 1. The van der Waals surface area contributed by atoms with Crippen molar-refractivity contribution in [3.05, 3.63) is 82.2 Å². The molecule has 0 spiro atoms. The molecule has 3 unspecified atom stereocenters. The minimum Gasteiger partial charge on any atom is -0.508 e. The molecule has 4 aromatic rings.